The molecule has 0 saturated carbocycles. The monoisotopic (exact) mass is 309 g/mol. The number of amides is 1. The maximum Gasteiger partial charge on any atom is 0.326 e. The van der Waals surface area contributed by atoms with E-state index in [-0.39, 0.29) is 18.7 Å². The van der Waals surface area contributed by atoms with Gasteiger partial charge >= 0.3 is 5.97 Å². The Morgan fingerprint density at radius 2 is 2.33 bits per heavy atom. The summed E-state index contributed by atoms with van der Waals surface area (Å²) in [4.78, 5) is 26.7. The summed E-state index contributed by atoms with van der Waals surface area (Å²) in [7, 11) is 0. The van der Waals surface area contributed by atoms with Gasteiger partial charge in [-0.2, -0.15) is 16.3 Å². The molecule has 0 aliphatic carbocycles. The van der Waals surface area contributed by atoms with Crippen molar-refractivity contribution >= 4 is 23.2 Å². The summed E-state index contributed by atoms with van der Waals surface area (Å²) in [5.41, 5.74) is 0.872. The molecule has 0 aromatic carbocycles. The molecule has 2 aromatic rings. The lowest BCUT2D eigenvalue weighted by atomic mass is 10.2. The summed E-state index contributed by atoms with van der Waals surface area (Å²) < 4.78 is 5.06. The van der Waals surface area contributed by atoms with Crippen molar-refractivity contribution in [2.45, 2.75) is 32.2 Å². The molecule has 2 rings (SSSR count). The van der Waals surface area contributed by atoms with E-state index in [0.29, 0.717) is 18.1 Å². The zero-order chi connectivity index (χ0) is 15.2. The second-order valence-corrected chi connectivity index (χ2v) is 5.17. The normalized spacial score (nSPS) is 12.0. The van der Waals surface area contributed by atoms with Gasteiger partial charge in [0, 0.05) is 23.8 Å². The highest BCUT2D eigenvalue weighted by atomic mass is 32.1. The fourth-order valence-corrected chi connectivity index (χ4v) is 2.33. The molecule has 0 saturated heterocycles. The number of carbonyl (C=O) groups is 2. The van der Waals surface area contributed by atoms with E-state index >= 15 is 0 Å². The van der Waals surface area contributed by atoms with Crippen molar-refractivity contribution in [3.63, 3.8) is 0 Å². The molecule has 21 heavy (non-hydrogen) atoms. The zero-order valence-corrected chi connectivity index (χ0v) is 12.2. The lowest BCUT2D eigenvalue weighted by Crippen LogP contribution is -2.40. The van der Waals surface area contributed by atoms with E-state index in [1.54, 1.807) is 6.92 Å². The molecule has 2 aromatic heterocycles. The molecule has 7 nitrogen and oxygen atoms in total. The van der Waals surface area contributed by atoms with Crippen molar-refractivity contribution in [1.82, 2.24) is 15.5 Å². The number of carboxylic acid groups (broad SMARTS) is 1. The first kappa shape index (κ1) is 15.2. The summed E-state index contributed by atoms with van der Waals surface area (Å²) >= 11 is 1.53. The lowest BCUT2D eigenvalue weighted by molar-refractivity contribution is -0.141. The summed E-state index contributed by atoms with van der Waals surface area (Å²) in [6.45, 7) is 1.70. The number of nitrogens with one attached hydrogen (secondary N) is 1. The predicted octanol–water partition coefficient (Wildman–Crippen LogP) is 1.71. The van der Waals surface area contributed by atoms with Crippen molar-refractivity contribution in [1.29, 1.82) is 0 Å². The molecule has 2 N–H and O–H groups in total. The van der Waals surface area contributed by atoms with Gasteiger partial charge in [-0.1, -0.05) is 12.1 Å². The highest BCUT2D eigenvalue weighted by Gasteiger charge is 2.18. The Morgan fingerprint density at radius 1 is 1.52 bits per heavy atom. The number of aromatic nitrogens is 2. The Morgan fingerprint density at radius 3 is 2.95 bits per heavy atom. The Bertz CT molecular complexity index is 609. The van der Waals surface area contributed by atoms with Gasteiger partial charge in [-0.05, 0) is 17.9 Å². The van der Waals surface area contributed by atoms with Gasteiger partial charge in [0.25, 0.3) is 0 Å². The van der Waals surface area contributed by atoms with Crippen molar-refractivity contribution in [2.75, 3.05) is 0 Å². The molecule has 0 aliphatic rings. The molecule has 1 unspecified atom stereocenters. The number of nitrogens with zero attached hydrogens (tertiary/aromatic N) is 2. The Balaban J connectivity index is 1.86. The number of aliphatic carboxylic acids is 1. The Labute approximate surface area is 125 Å². The summed E-state index contributed by atoms with van der Waals surface area (Å²) in [5, 5.41) is 19.0. The highest BCUT2D eigenvalue weighted by molar-refractivity contribution is 7.08. The van der Waals surface area contributed by atoms with Crippen LogP contribution in [0.2, 0.25) is 0 Å². The average Bonchev–Trinajstić information content (AvgIpc) is 3.12. The van der Waals surface area contributed by atoms with Crippen LogP contribution in [0.4, 0.5) is 0 Å². The summed E-state index contributed by atoms with van der Waals surface area (Å²) in [5.74, 6) is -0.540. The summed E-state index contributed by atoms with van der Waals surface area (Å²) in [6, 6.07) is 1.02. The van der Waals surface area contributed by atoms with Crippen LogP contribution in [0, 0.1) is 0 Å². The third-order valence-corrected chi connectivity index (χ3v) is 3.54. The highest BCUT2D eigenvalue weighted by Crippen LogP contribution is 2.18. The van der Waals surface area contributed by atoms with Crippen molar-refractivity contribution in [3.8, 4) is 11.4 Å². The van der Waals surface area contributed by atoms with E-state index < -0.39 is 12.0 Å². The van der Waals surface area contributed by atoms with Gasteiger partial charge in [0.15, 0.2) is 0 Å². The third-order valence-electron chi connectivity index (χ3n) is 2.85. The first-order valence-electron chi connectivity index (χ1n) is 6.47. The molecule has 1 amide bonds. The maximum absolute atomic E-state index is 11.7. The van der Waals surface area contributed by atoms with E-state index in [2.05, 4.69) is 15.5 Å². The second-order valence-electron chi connectivity index (χ2n) is 4.39. The largest absolute Gasteiger partial charge is 0.480 e. The Kier molecular flexibility index (Phi) is 5.04. The predicted molar refractivity (Wildman–Crippen MR) is 75.8 cm³/mol. The fraction of sp³-hybridized carbons (Fsp3) is 0.385. The molecule has 0 bridgehead atoms. The fourth-order valence-electron chi connectivity index (χ4n) is 1.69. The number of hydrogen-bond donors (Lipinski definition) is 2. The molecule has 1 atom stereocenters. The summed E-state index contributed by atoms with van der Waals surface area (Å²) in [6.07, 6.45) is 0.720. The minimum absolute atomic E-state index is 0.106. The molecule has 0 aliphatic heterocycles. The van der Waals surface area contributed by atoms with Gasteiger partial charge in [0.2, 0.25) is 17.6 Å². The molecule has 112 valence electrons. The molecule has 0 radical (unpaired) electrons. The molecule has 2 heterocycles. The van der Waals surface area contributed by atoms with Gasteiger partial charge in [-0.3, -0.25) is 4.79 Å². The van der Waals surface area contributed by atoms with Crippen LogP contribution in [0.1, 0.15) is 25.7 Å². The topological polar surface area (TPSA) is 105 Å². The first-order valence-corrected chi connectivity index (χ1v) is 7.41. The average molecular weight is 309 g/mol. The van der Waals surface area contributed by atoms with Gasteiger partial charge in [-0.15, -0.1) is 0 Å². The van der Waals surface area contributed by atoms with Crippen LogP contribution in [0.15, 0.2) is 21.3 Å². The maximum atomic E-state index is 11.7. The van der Waals surface area contributed by atoms with Crippen LogP contribution in [0.5, 0.6) is 0 Å². The quantitative estimate of drug-likeness (QED) is 0.806. The van der Waals surface area contributed by atoms with Gasteiger partial charge in [0.1, 0.15) is 6.04 Å². The van der Waals surface area contributed by atoms with Crippen molar-refractivity contribution in [2.24, 2.45) is 0 Å². The number of rotatable bonds is 7. The first-order chi connectivity index (χ1) is 10.1. The third kappa shape index (κ3) is 4.12. The SMILES string of the molecule is CCC(NC(=O)CCc1nc(-c2ccsc2)no1)C(=O)O. The molecule has 0 fully saturated rings. The number of carbonyl (C=O) groups excluding carboxylic acids is 1. The van der Waals surface area contributed by atoms with Crippen LogP contribution in [-0.4, -0.2) is 33.2 Å². The van der Waals surface area contributed by atoms with Crippen LogP contribution >= 0.6 is 11.3 Å². The van der Waals surface area contributed by atoms with Gasteiger partial charge in [0.05, 0.1) is 0 Å². The van der Waals surface area contributed by atoms with E-state index in [1.165, 1.54) is 11.3 Å². The number of thiophene rings is 1. The van der Waals surface area contributed by atoms with Crippen LogP contribution < -0.4 is 5.32 Å². The molecule has 8 heteroatoms. The molecular formula is C13H15N3O4S. The number of aryl methyl sites for hydroxylation is 1. The molecular weight excluding hydrogens is 294 g/mol. The van der Waals surface area contributed by atoms with Crippen LogP contribution in [0.3, 0.4) is 0 Å². The standard InChI is InChI=1S/C13H15N3O4S/c1-2-9(13(18)19)14-10(17)3-4-11-15-12(16-20-11)8-5-6-21-7-8/h5-7,9H,2-4H2,1H3,(H,14,17)(H,18,19). The zero-order valence-electron chi connectivity index (χ0n) is 11.4. The van der Waals surface area contributed by atoms with E-state index in [1.807, 2.05) is 16.8 Å². The van der Waals surface area contributed by atoms with Crippen molar-refractivity contribution < 1.29 is 19.2 Å². The van der Waals surface area contributed by atoms with E-state index in [4.69, 9.17) is 9.63 Å². The lowest BCUT2D eigenvalue weighted by Gasteiger charge is -2.11. The van der Waals surface area contributed by atoms with Gasteiger partial charge < -0.3 is 14.9 Å². The van der Waals surface area contributed by atoms with Gasteiger partial charge in [-0.25, -0.2) is 4.79 Å². The van der Waals surface area contributed by atoms with E-state index in [0.717, 1.165) is 5.56 Å². The van der Waals surface area contributed by atoms with Crippen LogP contribution in [-0.2, 0) is 16.0 Å². The Hall–Kier alpha value is -2.22. The number of hydrogen-bond acceptors (Lipinski definition) is 6. The van der Waals surface area contributed by atoms with Crippen LogP contribution in [0.25, 0.3) is 11.4 Å². The molecule has 0 spiro atoms. The smallest absolute Gasteiger partial charge is 0.326 e. The second kappa shape index (κ2) is 6.98. The minimum atomic E-state index is -1.04. The number of carboxylic acids is 1. The van der Waals surface area contributed by atoms with Crippen molar-refractivity contribution in [3.05, 3.63) is 22.7 Å². The van der Waals surface area contributed by atoms with E-state index in [9.17, 15) is 9.59 Å². The minimum Gasteiger partial charge on any atom is -0.480 e.